The van der Waals surface area contributed by atoms with Crippen LogP contribution in [0, 0.1) is 10.1 Å². The Balaban J connectivity index is 3.05. The fourth-order valence-corrected chi connectivity index (χ4v) is 0.947. The highest BCUT2D eigenvalue weighted by Crippen LogP contribution is 2.25. The minimum atomic E-state index is -0.681. The van der Waals surface area contributed by atoms with Crippen LogP contribution in [0.5, 0.6) is 5.75 Å². The van der Waals surface area contributed by atoms with Crippen LogP contribution < -0.4 is 0 Å². The lowest BCUT2D eigenvalue weighted by molar-refractivity contribution is -0.385. The van der Waals surface area contributed by atoms with Gasteiger partial charge in [-0.2, -0.15) is 0 Å². The zero-order valence-corrected chi connectivity index (χ0v) is 6.64. The summed E-state index contributed by atoms with van der Waals surface area (Å²) >= 11 is 0. The lowest BCUT2D eigenvalue weighted by atomic mass is 10.1. The molecule has 1 aromatic rings. The van der Waals surface area contributed by atoms with Crippen molar-refractivity contribution in [3.63, 3.8) is 0 Å². The Morgan fingerprint density at radius 3 is 2.69 bits per heavy atom. The van der Waals surface area contributed by atoms with E-state index in [4.69, 9.17) is 5.11 Å². The number of hydrogen-bond donors (Lipinski definition) is 1. The Kier molecular flexibility index (Phi) is 2.59. The molecule has 0 atom stereocenters. The van der Waals surface area contributed by atoms with E-state index in [1.807, 2.05) is 0 Å². The largest absolute Gasteiger partial charge is 0.502 e. The van der Waals surface area contributed by atoms with Crippen molar-refractivity contribution in [1.82, 2.24) is 0 Å². The van der Waals surface area contributed by atoms with Crippen LogP contribution >= 0.6 is 0 Å². The third-order valence-corrected chi connectivity index (χ3v) is 1.56. The average Bonchev–Trinajstić information content (AvgIpc) is 2.04. The van der Waals surface area contributed by atoms with E-state index in [1.165, 1.54) is 18.2 Å². The summed E-state index contributed by atoms with van der Waals surface area (Å²) in [5.74, 6) is -0.413. The van der Waals surface area contributed by atoms with E-state index in [0.29, 0.717) is 11.8 Å². The van der Waals surface area contributed by atoms with Crippen LogP contribution in [0.1, 0.15) is 5.56 Å². The van der Waals surface area contributed by atoms with Crippen LogP contribution in [-0.4, -0.2) is 16.3 Å². The minimum Gasteiger partial charge on any atom is -0.502 e. The lowest BCUT2D eigenvalue weighted by Crippen LogP contribution is -1.91. The Hall–Kier alpha value is -1.91. The van der Waals surface area contributed by atoms with Gasteiger partial charge in [0.1, 0.15) is 6.29 Å². The van der Waals surface area contributed by atoms with E-state index < -0.39 is 10.7 Å². The number of hydrogen-bond acceptors (Lipinski definition) is 4. The number of benzene rings is 1. The second-order valence-electron chi connectivity index (χ2n) is 2.45. The number of nitro benzene ring substituents is 1. The van der Waals surface area contributed by atoms with Crippen molar-refractivity contribution in [2.45, 2.75) is 6.42 Å². The number of nitrogens with zero attached hydrogens (tertiary/aromatic N) is 1. The van der Waals surface area contributed by atoms with Gasteiger partial charge in [-0.15, -0.1) is 0 Å². The van der Waals surface area contributed by atoms with Crippen molar-refractivity contribution < 1.29 is 14.8 Å². The molecule has 13 heavy (non-hydrogen) atoms. The normalized spacial score (nSPS) is 9.54. The molecule has 68 valence electrons. The number of phenolic OH excluding ortho intramolecular Hbond substituents is 1. The maximum atomic E-state index is 10.3. The van der Waals surface area contributed by atoms with E-state index in [-0.39, 0.29) is 12.1 Å². The van der Waals surface area contributed by atoms with Crippen LogP contribution in [-0.2, 0) is 11.2 Å². The molecule has 0 fully saturated rings. The van der Waals surface area contributed by atoms with Gasteiger partial charge in [0.2, 0.25) is 0 Å². The lowest BCUT2D eigenvalue weighted by Gasteiger charge is -1.97. The monoisotopic (exact) mass is 181 g/mol. The van der Waals surface area contributed by atoms with Crippen LogP contribution in [0.3, 0.4) is 0 Å². The molecule has 0 aromatic heterocycles. The van der Waals surface area contributed by atoms with Crippen LogP contribution in [0.15, 0.2) is 18.2 Å². The summed E-state index contributed by atoms with van der Waals surface area (Å²) in [6, 6.07) is 3.83. The Labute approximate surface area is 73.8 Å². The fourth-order valence-electron chi connectivity index (χ4n) is 0.947. The molecule has 0 unspecified atom stereocenters. The van der Waals surface area contributed by atoms with Gasteiger partial charge in [-0.25, -0.2) is 0 Å². The molecular formula is C8H7NO4. The zero-order valence-electron chi connectivity index (χ0n) is 6.64. The molecule has 0 aliphatic heterocycles. The number of phenols is 1. The van der Waals surface area contributed by atoms with Crippen molar-refractivity contribution in [1.29, 1.82) is 0 Å². The standard InChI is InChI=1S/C8H7NO4/c10-4-3-6-1-2-7(9(12)13)8(11)5-6/h1-2,4-5,11H,3H2. The smallest absolute Gasteiger partial charge is 0.310 e. The first-order valence-electron chi connectivity index (χ1n) is 3.55. The molecule has 0 aliphatic rings. The molecule has 0 aliphatic carbocycles. The average molecular weight is 181 g/mol. The predicted octanol–water partition coefficient (Wildman–Crippen LogP) is 1.04. The molecule has 1 N–H and O–H groups in total. The number of nitro groups is 1. The number of carbonyl (C=O) groups excluding carboxylic acids is 1. The fraction of sp³-hybridized carbons (Fsp3) is 0.125. The molecule has 0 spiro atoms. The summed E-state index contributed by atoms with van der Waals surface area (Å²) in [6.45, 7) is 0. The molecule has 0 saturated heterocycles. The van der Waals surface area contributed by atoms with Crippen molar-refractivity contribution in [2.24, 2.45) is 0 Å². The zero-order chi connectivity index (χ0) is 9.84. The quantitative estimate of drug-likeness (QED) is 0.429. The number of carbonyl (C=O) groups is 1. The Morgan fingerprint density at radius 2 is 2.23 bits per heavy atom. The van der Waals surface area contributed by atoms with Crippen molar-refractivity contribution in [2.75, 3.05) is 0 Å². The van der Waals surface area contributed by atoms with E-state index in [0.717, 1.165) is 0 Å². The van der Waals surface area contributed by atoms with Crippen molar-refractivity contribution in [3.05, 3.63) is 33.9 Å². The molecule has 5 heteroatoms. The van der Waals surface area contributed by atoms with Gasteiger partial charge in [-0.3, -0.25) is 10.1 Å². The van der Waals surface area contributed by atoms with E-state index in [2.05, 4.69) is 0 Å². The van der Waals surface area contributed by atoms with Gasteiger partial charge in [0.05, 0.1) is 4.92 Å². The third kappa shape index (κ3) is 2.02. The number of rotatable bonds is 3. The molecule has 0 radical (unpaired) electrons. The maximum absolute atomic E-state index is 10.3. The van der Waals surface area contributed by atoms with Gasteiger partial charge in [-0.05, 0) is 11.6 Å². The molecule has 0 bridgehead atoms. The summed E-state index contributed by atoms with van der Waals surface area (Å²) < 4.78 is 0. The minimum absolute atomic E-state index is 0.144. The highest BCUT2D eigenvalue weighted by Gasteiger charge is 2.12. The first-order chi connectivity index (χ1) is 6.15. The summed E-state index contributed by atoms with van der Waals surface area (Å²) in [5, 5.41) is 19.4. The second-order valence-corrected chi connectivity index (χ2v) is 2.45. The highest BCUT2D eigenvalue weighted by atomic mass is 16.6. The molecule has 0 saturated carbocycles. The molecule has 0 heterocycles. The van der Waals surface area contributed by atoms with Crippen molar-refractivity contribution in [3.8, 4) is 5.75 Å². The van der Waals surface area contributed by atoms with Crippen LogP contribution in [0.2, 0.25) is 0 Å². The van der Waals surface area contributed by atoms with Crippen LogP contribution in [0.4, 0.5) is 5.69 Å². The second kappa shape index (κ2) is 3.66. The number of aromatic hydroxyl groups is 1. The SMILES string of the molecule is O=CCc1ccc([N+](=O)[O-])c(O)c1. The summed E-state index contributed by atoms with van der Waals surface area (Å²) in [5.41, 5.74) is 0.202. The van der Waals surface area contributed by atoms with E-state index in [1.54, 1.807) is 0 Å². The van der Waals surface area contributed by atoms with Gasteiger partial charge < -0.3 is 9.90 Å². The summed E-state index contributed by atoms with van der Waals surface area (Å²) in [7, 11) is 0. The first kappa shape index (κ1) is 9.18. The predicted molar refractivity (Wildman–Crippen MR) is 44.5 cm³/mol. The Bertz CT molecular complexity index is 348. The van der Waals surface area contributed by atoms with Gasteiger partial charge in [0.15, 0.2) is 5.75 Å². The van der Waals surface area contributed by atoms with Gasteiger partial charge in [0, 0.05) is 12.5 Å². The summed E-state index contributed by atoms with van der Waals surface area (Å²) in [4.78, 5) is 19.7. The first-order valence-corrected chi connectivity index (χ1v) is 3.55. The summed E-state index contributed by atoms with van der Waals surface area (Å²) in [6.07, 6.45) is 0.812. The van der Waals surface area contributed by atoms with E-state index >= 15 is 0 Å². The third-order valence-electron chi connectivity index (χ3n) is 1.56. The van der Waals surface area contributed by atoms with Crippen LogP contribution in [0.25, 0.3) is 0 Å². The topological polar surface area (TPSA) is 80.4 Å². The van der Waals surface area contributed by atoms with Gasteiger partial charge in [0.25, 0.3) is 0 Å². The highest BCUT2D eigenvalue weighted by molar-refractivity contribution is 5.57. The van der Waals surface area contributed by atoms with Gasteiger partial charge in [-0.1, -0.05) is 6.07 Å². The molecule has 5 nitrogen and oxygen atoms in total. The molecular weight excluding hydrogens is 174 g/mol. The van der Waals surface area contributed by atoms with Gasteiger partial charge >= 0.3 is 5.69 Å². The van der Waals surface area contributed by atoms with E-state index in [9.17, 15) is 14.9 Å². The molecule has 1 aromatic carbocycles. The molecule has 1 rings (SSSR count). The number of aldehydes is 1. The van der Waals surface area contributed by atoms with Crippen molar-refractivity contribution >= 4 is 12.0 Å². The maximum Gasteiger partial charge on any atom is 0.310 e. The molecule has 0 amide bonds. The Morgan fingerprint density at radius 1 is 1.54 bits per heavy atom.